The molecular formula is C27H28N2O5. The lowest BCUT2D eigenvalue weighted by atomic mass is 9.73. The van der Waals surface area contributed by atoms with Crippen molar-refractivity contribution in [3.8, 4) is 5.75 Å². The molecule has 1 aliphatic carbocycles. The first-order chi connectivity index (χ1) is 16.2. The van der Waals surface area contributed by atoms with E-state index in [0.29, 0.717) is 47.5 Å². The normalized spacial score (nSPS) is 20.0. The third-order valence-corrected chi connectivity index (χ3v) is 6.16. The first-order valence-electron chi connectivity index (χ1n) is 11.3. The Morgan fingerprint density at radius 2 is 1.62 bits per heavy atom. The molecule has 7 heteroatoms. The van der Waals surface area contributed by atoms with Crippen molar-refractivity contribution in [3.63, 3.8) is 0 Å². The van der Waals surface area contributed by atoms with Crippen LogP contribution in [0, 0.1) is 5.41 Å². The Morgan fingerprint density at radius 3 is 2.26 bits per heavy atom. The number of methoxy groups -OCH3 is 1. The van der Waals surface area contributed by atoms with Gasteiger partial charge in [0.05, 0.1) is 29.5 Å². The number of Topliss-reactive ketones (excluding diaryl/α,β-unsaturated/α-hetero) is 1. The molecule has 1 saturated carbocycles. The summed E-state index contributed by atoms with van der Waals surface area (Å²) in [4.78, 5) is 44.1. The average molecular weight is 461 g/mol. The molecule has 2 aromatic carbocycles. The highest BCUT2D eigenvalue weighted by molar-refractivity contribution is 6.25. The summed E-state index contributed by atoms with van der Waals surface area (Å²) < 4.78 is 5.39. The van der Waals surface area contributed by atoms with Gasteiger partial charge in [-0.3, -0.25) is 19.3 Å². The summed E-state index contributed by atoms with van der Waals surface area (Å²) >= 11 is 0. The highest BCUT2D eigenvalue weighted by Crippen LogP contribution is 2.38. The quantitative estimate of drug-likeness (QED) is 0.370. The first kappa shape index (κ1) is 23.4. The summed E-state index contributed by atoms with van der Waals surface area (Å²) in [6.45, 7) is 4.15. The highest BCUT2D eigenvalue weighted by atomic mass is 16.5. The van der Waals surface area contributed by atoms with E-state index in [-0.39, 0.29) is 47.3 Å². The number of rotatable bonds is 6. The molecule has 2 aromatic rings. The van der Waals surface area contributed by atoms with Gasteiger partial charge in [-0.2, -0.15) is 0 Å². The second kappa shape index (κ2) is 9.25. The van der Waals surface area contributed by atoms with Gasteiger partial charge in [-0.05, 0) is 42.5 Å². The molecule has 1 N–H and O–H groups in total. The number of fused-ring (bicyclic) bond motifs is 1. The fourth-order valence-corrected chi connectivity index (χ4v) is 4.55. The Morgan fingerprint density at radius 1 is 1.00 bits per heavy atom. The Labute approximate surface area is 198 Å². The molecule has 1 heterocycles. The molecule has 0 atom stereocenters. The number of aliphatic hydroxyl groups excluding tert-OH is 1. The summed E-state index contributed by atoms with van der Waals surface area (Å²) in [5, 5.41) is 10.9. The van der Waals surface area contributed by atoms with Gasteiger partial charge in [-0.25, -0.2) is 4.99 Å². The number of aliphatic hydroxyl groups is 1. The minimum Gasteiger partial charge on any atom is -0.511 e. The number of ketones is 1. The molecule has 0 radical (unpaired) electrons. The van der Waals surface area contributed by atoms with Crippen LogP contribution < -0.4 is 4.74 Å². The zero-order chi connectivity index (χ0) is 24.5. The SMILES string of the molecule is COc1ccccc1N=C1CC(C)(C)CC(=O)/C1=C(/O)CCCN1C(=O)c2ccccc2C1=O. The molecule has 0 aromatic heterocycles. The van der Waals surface area contributed by atoms with E-state index in [4.69, 9.17) is 9.73 Å². The summed E-state index contributed by atoms with van der Waals surface area (Å²) in [7, 11) is 1.56. The van der Waals surface area contributed by atoms with Crippen LogP contribution in [-0.4, -0.2) is 47.0 Å². The number of hydrogen-bond acceptors (Lipinski definition) is 6. The van der Waals surface area contributed by atoms with Gasteiger partial charge in [-0.1, -0.05) is 38.1 Å². The molecule has 2 amide bonds. The van der Waals surface area contributed by atoms with Crippen LogP contribution in [0.1, 0.15) is 60.2 Å². The van der Waals surface area contributed by atoms with Crippen molar-refractivity contribution in [2.75, 3.05) is 13.7 Å². The van der Waals surface area contributed by atoms with E-state index < -0.39 is 0 Å². The molecule has 1 fully saturated rings. The summed E-state index contributed by atoms with van der Waals surface area (Å²) in [5.41, 5.74) is 1.83. The van der Waals surface area contributed by atoms with Crippen LogP contribution in [0.3, 0.4) is 0 Å². The fourth-order valence-electron chi connectivity index (χ4n) is 4.55. The Bertz CT molecular complexity index is 1190. The molecule has 176 valence electrons. The molecule has 0 unspecified atom stereocenters. The number of allylic oxidation sites excluding steroid dienone is 2. The number of imide groups is 1. The summed E-state index contributed by atoms with van der Waals surface area (Å²) in [6.07, 6.45) is 1.31. The number of carbonyl (C=O) groups is 3. The lowest BCUT2D eigenvalue weighted by Crippen LogP contribution is -2.33. The molecule has 7 nitrogen and oxygen atoms in total. The number of ether oxygens (including phenoxy) is 1. The fraction of sp³-hybridized carbons (Fsp3) is 0.333. The minimum absolute atomic E-state index is 0.0641. The standard InChI is InChI=1S/C27H28N2O5/c1-27(2)15-20(28-19-11-6-7-13-23(19)34-3)24(22(31)16-27)21(30)12-8-14-29-25(32)17-9-4-5-10-18(17)26(29)33/h4-7,9-11,13,30H,8,12,14-16H2,1-3H3/b24-21+,28-20?. The third-order valence-electron chi connectivity index (χ3n) is 6.16. The van der Waals surface area contributed by atoms with Crippen molar-refractivity contribution >= 4 is 29.0 Å². The average Bonchev–Trinajstić information content (AvgIpc) is 3.03. The van der Waals surface area contributed by atoms with Crippen LogP contribution in [0.5, 0.6) is 5.75 Å². The van der Waals surface area contributed by atoms with Crippen LogP contribution in [0.25, 0.3) is 0 Å². The van der Waals surface area contributed by atoms with Crippen LogP contribution in [0.4, 0.5) is 5.69 Å². The highest BCUT2D eigenvalue weighted by Gasteiger charge is 2.37. The van der Waals surface area contributed by atoms with E-state index in [1.165, 1.54) is 4.90 Å². The summed E-state index contributed by atoms with van der Waals surface area (Å²) in [6, 6.07) is 14.0. The van der Waals surface area contributed by atoms with E-state index in [2.05, 4.69) is 0 Å². The number of nitrogens with zero attached hydrogens (tertiary/aromatic N) is 2. The first-order valence-corrected chi connectivity index (χ1v) is 11.3. The van der Waals surface area contributed by atoms with Crippen molar-refractivity contribution in [1.82, 2.24) is 4.90 Å². The second-order valence-corrected chi connectivity index (χ2v) is 9.40. The molecule has 0 spiro atoms. The number of aliphatic imine (C=N–C) groups is 1. The van der Waals surface area contributed by atoms with Gasteiger partial charge >= 0.3 is 0 Å². The Balaban J connectivity index is 1.56. The number of hydrogen-bond donors (Lipinski definition) is 1. The predicted molar refractivity (Wildman–Crippen MR) is 129 cm³/mol. The smallest absolute Gasteiger partial charge is 0.261 e. The molecular weight excluding hydrogens is 432 g/mol. The minimum atomic E-state index is -0.332. The van der Waals surface area contributed by atoms with Crippen molar-refractivity contribution in [1.29, 1.82) is 0 Å². The van der Waals surface area contributed by atoms with E-state index >= 15 is 0 Å². The van der Waals surface area contributed by atoms with E-state index in [1.807, 2.05) is 26.0 Å². The Kier molecular flexibility index (Phi) is 6.37. The second-order valence-electron chi connectivity index (χ2n) is 9.40. The largest absolute Gasteiger partial charge is 0.511 e. The van der Waals surface area contributed by atoms with Gasteiger partial charge in [0.1, 0.15) is 17.2 Å². The van der Waals surface area contributed by atoms with Crippen molar-refractivity contribution in [3.05, 3.63) is 71.0 Å². The van der Waals surface area contributed by atoms with Crippen LogP contribution in [0.2, 0.25) is 0 Å². The van der Waals surface area contributed by atoms with Crippen molar-refractivity contribution in [2.24, 2.45) is 10.4 Å². The number of amides is 2. The van der Waals surface area contributed by atoms with Crippen LogP contribution in [-0.2, 0) is 4.79 Å². The maximum Gasteiger partial charge on any atom is 0.261 e. The molecule has 4 rings (SSSR count). The van der Waals surface area contributed by atoms with Crippen LogP contribution in [0.15, 0.2) is 64.9 Å². The Hall–Kier alpha value is -3.74. The monoisotopic (exact) mass is 460 g/mol. The van der Waals surface area contributed by atoms with Gasteiger partial charge < -0.3 is 9.84 Å². The number of para-hydroxylation sites is 2. The maximum atomic E-state index is 13.0. The van der Waals surface area contributed by atoms with Gasteiger partial charge in [0.15, 0.2) is 5.78 Å². The molecule has 0 saturated heterocycles. The van der Waals surface area contributed by atoms with E-state index in [9.17, 15) is 19.5 Å². The zero-order valence-corrected chi connectivity index (χ0v) is 19.6. The van der Waals surface area contributed by atoms with E-state index in [1.54, 1.807) is 43.5 Å². The lowest BCUT2D eigenvalue weighted by Gasteiger charge is -2.31. The topological polar surface area (TPSA) is 96.3 Å². The zero-order valence-electron chi connectivity index (χ0n) is 19.6. The molecule has 2 aliphatic rings. The van der Waals surface area contributed by atoms with E-state index in [0.717, 1.165) is 0 Å². The van der Waals surface area contributed by atoms with Gasteiger partial charge in [0.2, 0.25) is 0 Å². The predicted octanol–water partition coefficient (Wildman–Crippen LogP) is 5.05. The lowest BCUT2D eigenvalue weighted by molar-refractivity contribution is -0.117. The number of carbonyl (C=O) groups excluding carboxylic acids is 3. The maximum absolute atomic E-state index is 13.0. The summed E-state index contributed by atoms with van der Waals surface area (Å²) in [5.74, 6) is -0.313. The van der Waals surface area contributed by atoms with Gasteiger partial charge in [0.25, 0.3) is 11.8 Å². The third kappa shape index (κ3) is 4.51. The van der Waals surface area contributed by atoms with Gasteiger partial charge in [0, 0.05) is 19.4 Å². The van der Waals surface area contributed by atoms with Crippen molar-refractivity contribution < 1.29 is 24.2 Å². The molecule has 1 aliphatic heterocycles. The molecule has 0 bridgehead atoms. The molecule has 34 heavy (non-hydrogen) atoms. The van der Waals surface area contributed by atoms with Crippen LogP contribution >= 0.6 is 0 Å². The van der Waals surface area contributed by atoms with Crippen molar-refractivity contribution in [2.45, 2.75) is 39.5 Å². The van der Waals surface area contributed by atoms with Gasteiger partial charge in [-0.15, -0.1) is 0 Å². The number of benzene rings is 2.